The summed E-state index contributed by atoms with van der Waals surface area (Å²) in [4.78, 5) is 12.4. The van der Waals surface area contributed by atoms with Crippen LogP contribution in [0.25, 0.3) is 0 Å². The van der Waals surface area contributed by atoms with Gasteiger partial charge in [-0.3, -0.25) is 4.79 Å². The van der Waals surface area contributed by atoms with Crippen LogP contribution in [0.1, 0.15) is 24.3 Å². The van der Waals surface area contributed by atoms with Crippen LogP contribution >= 0.6 is 27.3 Å². The molecular weight excluding hydrogens is 252 g/mol. The highest BCUT2D eigenvalue weighted by molar-refractivity contribution is 9.11. The zero-order chi connectivity index (χ0) is 9.84. The number of Topliss-reactive ketones (excluding diaryl/α,β-unsaturated/α-hetero) is 1. The number of carbonyl (C=O) groups excluding carboxylic acids is 1. The Labute approximate surface area is 90.0 Å². The number of ether oxygens (including phenoxy) is 1. The van der Waals surface area contributed by atoms with Gasteiger partial charge in [0.1, 0.15) is 6.10 Å². The number of ketones is 1. The van der Waals surface area contributed by atoms with Crippen LogP contribution in [0.3, 0.4) is 0 Å². The van der Waals surface area contributed by atoms with Gasteiger partial charge in [0.05, 0.1) is 3.79 Å². The van der Waals surface area contributed by atoms with Crippen molar-refractivity contribution < 1.29 is 9.53 Å². The van der Waals surface area contributed by atoms with E-state index in [-0.39, 0.29) is 11.9 Å². The Hall–Kier alpha value is -0.190. The molecule has 4 heteroatoms. The Morgan fingerprint density at radius 2 is 2.38 bits per heavy atom. The average molecular weight is 263 g/mol. The zero-order valence-corrected chi connectivity index (χ0v) is 9.94. The maximum atomic E-state index is 11.4. The van der Waals surface area contributed by atoms with Crippen molar-refractivity contribution in [1.82, 2.24) is 0 Å². The Balaban J connectivity index is 2.84. The minimum atomic E-state index is -0.388. The summed E-state index contributed by atoms with van der Waals surface area (Å²) >= 11 is 4.89. The Morgan fingerprint density at radius 3 is 2.77 bits per heavy atom. The lowest BCUT2D eigenvalue weighted by atomic mass is 10.1. The van der Waals surface area contributed by atoms with Gasteiger partial charge in [0, 0.05) is 18.4 Å². The Bertz CT molecular complexity index is 296. The van der Waals surface area contributed by atoms with E-state index in [1.54, 1.807) is 7.11 Å². The first-order chi connectivity index (χ1) is 6.19. The smallest absolute Gasteiger partial charge is 0.166 e. The summed E-state index contributed by atoms with van der Waals surface area (Å²) in [6, 6.07) is 3.84. The van der Waals surface area contributed by atoms with Gasteiger partial charge in [0.25, 0.3) is 0 Å². The normalized spacial score (nSPS) is 12.8. The maximum Gasteiger partial charge on any atom is 0.166 e. The SMILES string of the molecule is CCC(=O)C(OC)c1ccc(Br)s1. The molecular formula is C9H11BrO2S. The number of hydrogen-bond acceptors (Lipinski definition) is 3. The molecule has 0 saturated heterocycles. The monoisotopic (exact) mass is 262 g/mol. The summed E-state index contributed by atoms with van der Waals surface area (Å²) in [6.07, 6.45) is 0.120. The molecule has 0 aromatic carbocycles. The molecule has 0 spiro atoms. The molecule has 0 saturated carbocycles. The fraction of sp³-hybridized carbons (Fsp3) is 0.444. The van der Waals surface area contributed by atoms with Crippen molar-refractivity contribution in [3.63, 3.8) is 0 Å². The molecule has 1 aromatic rings. The van der Waals surface area contributed by atoms with E-state index in [1.165, 1.54) is 11.3 Å². The van der Waals surface area contributed by atoms with Gasteiger partial charge in [0.15, 0.2) is 5.78 Å². The van der Waals surface area contributed by atoms with Crippen molar-refractivity contribution in [3.05, 3.63) is 20.8 Å². The van der Waals surface area contributed by atoms with Crippen molar-refractivity contribution in [2.24, 2.45) is 0 Å². The van der Waals surface area contributed by atoms with Gasteiger partial charge in [-0.25, -0.2) is 0 Å². The molecule has 0 aliphatic heterocycles. The van der Waals surface area contributed by atoms with Crippen LogP contribution in [-0.4, -0.2) is 12.9 Å². The number of methoxy groups -OCH3 is 1. The topological polar surface area (TPSA) is 26.3 Å². The Kier molecular flexibility index (Phi) is 4.09. The van der Waals surface area contributed by atoms with Crippen LogP contribution < -0.4 is 0 Å². The van der Waals surface area contributed by atoms with Crippen LogP contribution in [-0.2, 0) is 9.53 Å². The summed E-state index contributed by atoms with van der Waals surface area (Å²) < 4.78 is 6.16. The van der Waals surface area contributed by atoms with Crippen molar-refractivity contribution in [1.29, 1.82) is 0 Å². The number of rotatable bonds is 4. The third-order valence-corrected chi connectivity index (χ3v) is 3.40. The molecule has 72 valence electrons. The molecule has 0 N–H and O–H groups in total. The van der Waals surface area contributed by atoms with E-state index in [1.807, 2.05) is 19.1 Å². The highest BCUT2D eigenvalue weighted by atomic mass is 79.9. The summed E-state index contributed by atoms with van der Waals surface area (Å²) in [5.41, 5.74) is 0. The number of carbonyl (C=O) groups is 1. The van der Waals surface area contributed by atoms with Gasteiger partial charge in [-0.1, -0.05) is 6.92 Å². The van der Waals surface area contributed by atoms with Gasteiger partial charge in [-0.2, -0.15) is 0 Å². The molecule has 0 aliphatic rings. The predicted molar refractivity (Wildman–Crippen MR) is 57.1 cm³/mol. The lowest BCUT2D eigenvalue weighted by Crippen LogP contribution is -2.11. The third kappa shape index (κ3) is 2.62. The molecule has 0 amide bonds. The largest absolute Gasteiger partial charge is 0.368 e. The first-order valence-corrected chi connectivity index (χ1v) is 5.60. The van der Waals surface area contributed by atoms with E-state index in [2.05, 4.69) is 15.9 Å². The van der Waals surface area contributed by atoms with Gasteiger partial charge in [-0.05, 0) is 28.1 Å². The van der Waals surface area contributed by atoms with Crippen molar-refractivity contribution in [2.45, 2.75) is 19.4 Å². The molecule has 1 heterocycles. The average Bonchev–Trinajstić information content (AvgIpc) is 2.53. The highest BCUT2D eigenvalue weighted by Crippen LogP contribution is 2.29. The Morgan fingerprint density at radius 1 is 1.69 bits per heavy atom. The number of hydrogen-bond donors (Lipinski definition) is 0. The minimum Gasteiger partial charge on any atom is -0.368 e. The van der Waals surface area contributed by atoms with Crippen LogP contribution in [0, 0.1) is 0 Å². The molecule has 1 rings (SSSR count). The first kappa shape index (κ1) is 10.9. The van der Waals surface area contributed by atoms with Gasteiger partial charge >= 0.3 is 0 Å². The van der Waals surface area contributed by atoms with Gasteiger partial charge in [-0.15, -0.1) is 11.3 Å². The quantitative estimate of drug-likeness (QED) is 0.834. The molecule has 0 aliphatic carbocycles. The third-order valence-electron chi connectivity index (χ3n) is 1.73. The number of halogens is 1. The van der Waals surface area contributed by atoms with E-state index in [9.17, 15) is 4.79 Å². The van der Waals surface area contributed by atoms with E-state index in [0.29, 0.717) is 6.42 Å². The molecule has 0 radical (unpaired) electrons. The summed E-state index contributed by atoms with van der Waals surface area (Å²) in [6.45, 7) is 1.84. The second-order valence-electron chi connectivity index (χ2n) is 2.58. The maximum absolute atomic E-state index is 11.4. The van der Waals surface area contributed by atoms with Crippen LogP contribution in [0.2, 0.25) is 0 Å². The van der Waals surface area contributed by atoms with Crippen molar-refractivity contribution in [3.8, 4) is 0 Å². The second kappa shape index (κ2) is 4.88. The van der Waals surface area contributed by atoms with Crippen molar-refractivity contribution in [2.75, 3.05) is 7.11 Å². The lowest BCUT2D eigenvalue weighted by Gasteiger charge is -2.10. The standard InChI is InChI=1S/C9H11BrO2S/c1-3-6(11)9(12-2)7-4-5-8(10)13-7/h4-5,9H,3H2,1-2H3. The van der Waals surface area contributed by atoms with E-state index >= 15 is 0 Å². The van der Waals surface area contributed by atoms with Gasteiger partial charge in [0.2, 0.25) is 0 Å². The van der Waals surface area contributed by atoms with Gasteiger partial charge < -0.3 is 4.74 Å². The molecule has 2 nitrogen and oxygen atoms in total. The van der Waals surface area contributed by atoms with Crippen LogP contribution in [0.5, 0.6) is 0 Å². The molecule has 0 bridgehead atoms. The van der Waals surface area contributed by atoms with Crippen molar-refractivity contribution >= 4 is 33.0 Å². The molecule has 1 aromatic heterocycles. The number of thiophene rings is 1. The van der Waals surface area contributed by atoms with Crippen LogP contribution in [0.4, 0.5) is 0 Å². The van der Waals surface area contributed by atoms with E-state index in [0.717, 1.165) is 8.66 Å². The fourth-order valence-electron chi connectivity index (χ4n) is 1.06. The highest BCUT2D eigenvalue weighted by Gasteiger charge is 2.19. The molecule has 0 fully saturated rings. The molecule has 1 unspecified atom stereocenters. The molecule has 13 heavy (non-hydrogen) atoms. The van der Waals surface area contributed by atoms with E-state index in [4.69, 9.17) is 4.74 Å². The first-order valence-electron chi connectivity index (χ1n) is 3.99. The fourth-order valence-corrected chi connectivity index (χ4v) is 2.59. The lowest BCUT2D eigenvalue weighted by molar-refractivity contribution is -0.128. The summed E-state index contributed by atoms with van der Waals surface area (Å²) in [5.74, 6) is 0.122. The zero-order valence-electron chi connectivity index (χ0n) is 7.54. The van der Waals surface area contributed by atoms with E-state index < -0.39 is 0 Å². The second-order valence-corrected chi connectivity index (χ2v) is 5.07. The summed E-state index contributed by atoms with van der Waals surface area (Å²) in [5, 5.41) is 0. The predicted octanol–water partition coefficient (Wildman–Crippen LogP) is 3.18. The summed E-state index contributed by atoms with van der Waals surface area (Å²) in [7, 11) is 1.56. The molecule has 1 atom stereocenters. The van der Waals surface area contributed by atoms with Crippen LogP contribution in [0.15, 0.2) is 15.9 Å². The minimum absolute atomic E-state index is 0.122.